The predicted molar refractivity (Wildman–Crippen MR) is 55.8 cm³/mol. The molecule has 1 N–H and O–H groups in total. The first kappa shape index (κ1) is 11.5. The molecule has 1 aromatic heterocycles. The van der Waals surface area contributed by atoms with Gasteiger partial charge in [0.15, 0.2) is 0 Å². The normalized spacial score (nSPS) is 19.4. The second kappa shape index (κ2) is 4.48. The van der Waals surface area contributed by atoms with E-state index in [0.717, 1.165) is 6.07 Å². The highest BCUT2D eigenvalue weighted by Crippen LogP contribution is 2.18. The number of carboxylic acid groups (broad SMARTS) is 1. The smallest absolute Gasteiger partial charge is 0.308 e. The van der Waals surface area contributed by atoms with Gasteiger partial charge in [-0.3, -0.25) is 9.59 Å². The number of carbonyl (C=O) groups is 2. The van der Waals surface area contributed by atoms with Gasteiger partial charge in [-0.05, 0) is 12.5 Å². The van der Waals surface area contributed by atoms with Gasteiger partial charge >= 0.3 is 5.97 Å². The maximum atomic E-state index is 12.8. The lowest BCUT2D eigenvalue weighted by Gasteiger charge is -2.15. The van der Waals surface area contributed by atoms with Gasteiger partial charge in [-0.15, -0.1) is 0 Å². The van der Waals surface area contributed by atoms with Crippen molar-refractivity contribution in [2.75, 3.05) is 13.1 Å². The molecule has 1 fully saturated rings. The summed E-state index contributed by atoms with van der Waals surface area (Å²) < 4.78 is 12.8. The number of carbonyl (C=O) groups excluding carboxylic acids is 1. The number of hydrogen-bond donors (Lipinski definition) is 1. The Labute approximate surface area is 96.9 Å². The molecule has 0 aliphatic carbocycles. The van der Waals surface area contributed by atoms with E-state index in [1.54, 1.807) is 0 Å². The van der Waals surface area contributed by atoms with Crippen LogP contribution in [0.4, 0.5) is 4.39 Å². The lowest BCUT2D eigenvalue weighted by molar-refractivity contribution is -0.141. The van der Waals surface area contributed by atoms with Crippen LogP contribution in [0.5, 0.6) is 0 Å². The molecule has 0 spiro atoms. The fourth-order valence-corrected chi connectivity index (χ4v) is 1.86. The molecule has 90 valence electrons. The maximum Gasteiger partial charge on any atom is 0.308 e. The summed E-state index contributed by atoms with van der Waals surface area (Å²) in [6.07, 6.45) is 1.65. The Balaban J connectivity index is 2.09. The molecule has 5 nitrogen and oxygen atoms in total. The first-order valence-corrected chi connectivity index (χ1v) is 5.21. The number of aromatic nitrogens is 1. The first-order valence-electron chi connectivity index (χ1n) is 5.21. The minimum atomic E-state index is -0.902. The van der Waals surface area contributed by atoms with Gasteiger partial charge in [0, 0.05) is 30.9 Å². The lowest BCUT2D eigenvalue weighted by Crippen LogP contribution is -2.30. The quantitative estimate of drug-likeness (QED) is 0.772. The fourth-order valence-electron chi connectivity index (χ4n) is 1.86. The van der Waals surface area contributed by atoms with Gasteiger partial charge in [0.2, 0.25) is 5.95 Å². The summed E-state index contributed by atoms with van der Waals surface area (Å²) in [7, 11) is 0. The third-order valence-corrected chi connectivity index (χ3v) is 2.80. The van der Waals surface area contributed by atoms with Crippen LogP contribution in [-0.4, -0.2) is 40.0 Å². The summed E-state index contributed by atoms with van der Waals surface area (Å²) in [5.74, 6) is -2.49. The Bertz CT molecular complexity index is 464. The van der Waals surface area contributed by atoms with Gasteiger partial charge in [0.25, 0.3) is 5.91 Å². The van der Waals surface area contributed by atoms with Gasteiger partial charge in [-0.1, -0.05) is 0 Å². The average molecular weight is 238 g/mol. The molecule has 0 radical (unpaired) electrons. The van der Waals surface area contributed by atoms with Crippen molar-refractivity contribution in [2.24, 2.45) is 5.92 Å². The number of halogens is 1. The number of carboxylic acids is 1. The molecule has 2 rings (SSSR count). The van der Waals surface area contributed by atoms with Crippen molar-refractivity contribution >= 4 is 11.9 Å². The van der Waals surface area contributed by atoms with Crippen molar-refractivity contribution < 1.29 is 19.1 Å². The third kappa shape index (κ3) is 2.41. The topological polar surface area (TPSA) is 70.5 Å². The lowest BCUT2D eigenvalue weighted by atomic mass is 10.1. The molecule has 0 saturated carbocycles. The van der Waals surface area contributed by atoms with Crippen LogP contribution in [-0.2, 0) is 4.79 Å². The van der Waals surface area contributed by atoms with E-state index in [-0.39, 0.29) is 18.0 Å². The van der Waals surface area contributed by atoms with E-state index in [1.165, 1.54) is 17.2 Å². The molecule has 1 atom stereocenters. The summed E-state index contributed by atoms with van der Waals surface area (Å²) >= 11 is 0. The van der Waals surface area contributed by atoms with E-state index in [0.29, 0.717) is 13.0 Å². The molecule has 1 aliphatic rings. The van der Waals surface area contributed by atoms with Crippen molar-refractivity contribution in [2.45, 2.75) is 6.42 Å². The monoisotopic (exact) mass is 238 g/mol. The van der Waals surface area contributed by atoms with Crippen LogP contribution in [0.15, 0.2) is 18.3 Å². The predicted octanol–water partition coefficient (Wildman–Crippen LogP) is 0.767. The van der Waals surface area contributed by atoms with Crippen LogP contribution < -0.4 is 0 Å². The van der Waals surface area contributed by atoms with Gasteiger partial charge < -0.3 is 10.0 Å². The zero-order chi connectivity index (χ0) is 12.4. The first-order chi connectivity index (χ1) is 8.08. The Morgan fingerprint density at radius 1 is 1.53 bits per heavy atom. The third-order valence-electron chi connectivity index (χ3n) is 2.80. The number of likely N-dealkylation sites (tertiary alicyclic amines) is 1. The molecular weight excluding hydrogens is 227 g/mol. The number of amides is 1. The number of pyridine rings is 1. The zero-order valence-corrected chi connectivity index (χ0v) is 8.97. The minimum absolute atomic E-state index is 0.179. The van der Waals surface area contributed by atoms with Crippen molar-refractivity contribution in [1.29, 1.82) is 0 Å². The Morgan fingerprint density at radius 2 is 2.29 bits per heavy atom. The summed E-state index contributed by atoms with van der Waals surface area (Å²) in [4.78, 5) is 27.4. The van der Waals surface area contributed by atoms with Gasteiger partial charge in [0.1, 0.15) is 0 Å². The van der Waals surface area contributed by atoms with Gasteiger partial charge in [0.05, 0.1) is 5.92 Å². The molecule has 6 heteroatoms. The van der Waals surface area contributed by atoms with E-state index in [2.05, 4.69) is 4.98 Å². The Kier molecular flexibility index (Phi) is 3.03. The van der Waals surface area contributed by atoms with Crippen molar-refractivity contribution in [3.63, 3.8) is 0 Å². The second-order valence-electron chi connectivity index (χ2n) is 3.94. The van der Waals surface area contributed by atoms with Crippen LogP contribution in [0.25, 0.3) is 0 Å². The van der Waals surface area contributed by atoms with E-state index in [1.807, 2.05) is 0 Å². The number of aliphatic carboxylic acids is 1. The maximum absolute atomic E-state index is 12.8. The van der Waals surface area contributed by atoms with Gasteiger partial charge in [-0.2, -0.15) is 4.39 Å². The number of nitrogens with zero attached hydrogens (tertiary/aromatic N) is 2. The Hall–Kier alpha value is -1.98. The number of rotatable bonds is 2. The average Bonchev–Trinajstić information content (AvgIpc) is 2.77. The zero-order valence-electron chi connectivity index (χ0n) is 8.97. The van der Waals surface area contributed by atoms with Crippen LogP contribution in [0.2, 0.25) is 0 Å². The SMILES string of the molecule is O=C(O)C1CCN(C(=O)c2ccnc(F)c2)C1. The van der Waals surface area contributed by atoms with Crippen LogP contribution in [0.1, 0.15) is 16.8 Å². The molecule has 2 heterocycles. The number of hydrogen-bond acceptors (Lipinski definition) is 3. The molecule has 0 aromatic carbocycles. The molecular formula is C11H11FN2O3. The highest BCUT2D eigenvalue weighted by atomic mass is 19.1. The highest BCUT2D eigenvalue weighted by Gasteiger charge is 2.31. The van der Waals surface area contributed by atoms with Gasteiger partial charge in [-0.25, -0.2) is 4.98 Å². The molecule has 1 saturated heterocycles. The van der Waals surface area contributed by atoms with Crippen LogP contribution in [0.3, 0.4) is 0 Å². The van der Waals surface area contributed by atoms with E-state index < -0.39 is 17.8 Å². The molecule has 17 heavy (non-hydrogen) atoms. The molecule has 1 aliphatic heterocycles. The van der Waals surface area contributed by atoms with E-state index >= 15 is 0 Å². The summed E-state index contributed by atoms with van der Waals surface area (Å²) in [6, 6.07) is 2.47. The minimum Gasteiger partial charge on any atom is -0.481 e. The molecule has 1 amide bonds. The van der Waals surface area contributed by atoms with E-state index in [4.69, 9.17) is 5.11 Å². The standard InChI is InChI=1S/C11H11FN2O3/c12-9-5-7(1-3-13-9)10(15)14-4-2-8(6-14)11(16)17/h1,3,5,8H,2,4,6H2,(H,16,17). The summed E-state index contributed by atoms with van der Waals surface area (Å²) in [5, 5.41) is 8.82. The van der Waals surface area contributed by atoms with E-state index in [9.17, 15) is 14.0 Å². The summed E-state index contributed by atoms with van der Waals surface area (Å²) in [5.41, 5.74) is 0.198. The summed E-state index contributed by atoms with van der Waals surface area (Å²) in [6.45, 7) is 0.567. The van der Waals surface area contributed by atoms with Crippen LogP contribution >= 0.6 is 0 Å². The fraction of sp³-hybridized carbons (Fsp3) is 0.364. The van der Waals surface area contributed by atoms with Crippen molar-refractivity contribution in [3.05, 3.63) is 29.8 Å². The highest BCUT2D eigenvalue weighted by molar-refractivity contribution is 5.94. The van der Waals surface area contributed by atoms with Crippen LogP contribution in [0, 0.1) is 11.9 Å². The molecule has 0 bridgehead atoms. The van der Waals surface area contributed by atoms with Crippen molar-refractivity contribution in [3.8, 4) is 0 Å². The second-order valence-corrected chi connectivity index (χ2v) is 3.94. The molecule has 1 aromatic rings. The Morgan fingerprint density at radius 3 is 2.88 bits per heavy atom. The largest absolute Gasteiger partial charge is 0.481 e. The molecule has 1 unspecified atom stereocenters. The van der Waals surface area contributed by atoms with Crippen molar-refractivity contribution in [1.82, 2.24) is 9.88 Å².